The zero-order valence-corrected chi connectivity index (χ0v) is 7.18. The first-order valence-electron chi connectivity index (χ1n) is 3.88. The number of nitrogens with two attached hydrogens (primary N) is 1. The normalized spacial score (nSPS) is 27.2. The Morgan fingerprint density at radius 3 is 2.58 bits per heavy atom. The third-order valence-corrected chi connectivity index (χ3v) is 2.37. The highest BCUT2D eigenvalue weighted by Gasteiger charge is 2.35. The molecule has 12 heavy (non-hydrogen) atoms. The van der Waals surface area contributed by atoms with Crippen LogP contribution >= 0.6 is 11.6 Å². The summed E-state index contributed by atoms with van der Waals surface area (Å²) in [5.41, 5.74) is 6.56. The van der Waals surface area contributed by atoms with Crippen LogP contribution in [0, 0.1) is 5.82 Å². The second-order valence-electron chi connectivity index (χ2n) is 3.21. The van der Waals surface area contributed by atoms with Gasteiger partial charge in [-0.05, 0) is 30.2 Å². The van der Waals surface area contributed by atoms with Crippen LogP contribution in [0.3, 0.4) is 0 Å². The van der Waals surface area contributed by atoms with Crippen molar-refractivity contribution >= 4 is 11.6 Å². The maximum absolute atomic E-state index is 12.8. The predicted molar refractivity (Wildman–Crippen MR) is 46.7 cm³/mol. The van der Waals surface area contributed by atoms with E-state index in [1.807, 2.05) is 0 Å². The van der Waals surface area contributed by atoms with Crippen LogP contribution in [0.1, 0.15) is 17.9 Å². The van der Waals surface area contributed by atoms with Crippen molar-refractivity contribution < 1.29 is 4.39 Å². The lowest BCUT2D eigenvalue weighted by molar-refractivity contribution is 0.625. The minimum atomic E-state index is -0.281. The smallest absolute Gasteiger partial charge is 0.124 e. The topological polar surface area (TPSA) is 26.0 Å². The van der Waals surface area contributed by atoms with Crippen molar-refractivity contribution in [3.8, 4) is 0 Å². The Morgan fingerprint density at radius 1 is 1.42 bits per heavy atom. The van der Waals surface area contributed by atoms with E-state index >= 15 is 0 Å². The highest BCUT2D eigenvalue weighted by atomic mass is 35.5. The molecule has 0 amide bonds. The molecule has 1 aliphatic carbocycles. The molecule has 2 N–H and O–H groups in total. The molecule has 1 aromatic carbocycles. The Labute approximate surface area is 75.3 Å². The lowest BCUT2D eigenvalue weighted by Gasteiger charge is -1.99. The third kappa shape index (κ3) is 1.45. The molecular weight excluding hydrogens is 177 g/mol. The fourth-order valence-electron chi connectivity index (χ4n) is 1.39. The highest BCUT2D eigenvalue weighted by molar-refractivity contribution is 6.30. The number of halogens is 2. The van der Waals surface area contributed by atoms with E-state index in [1.54, 1.807) is 6.07 Å². The molecule has 3 heteroatoms. The van der Waals surface area contributed by atoms with E-state index in [2.05, 4.69) is 0 Å². The Balaban J connectivity index is 2.32. The molecule has 0 spiro atoms. The monoisotopic (exact) mass is 185 g/mol. The molecule has 2 rings (SSSR count). The molecule has 2 atom stereocenters. The summed E-state index contributed by atoms with van der Waals surface area (Å²) in [6.45, 7) is 0. The van der Waals surface area contributed by atoms with Gasteiger partial charge in [-0.1, -0.05) is 11.6 Å². The number of rotatable bonds is 1. The Bertz CT molecular complexity index is 293. The molecule has 1 saturated carbocycles. The van der Waals surface area contributed by atoms with Crippen molar-refractivity contribution in [2.45, 2.75) is 18.4 Å². The third-order valence-electron chi connectivity index (χ3n) is 2.15. The molecule has 2 unspecified atom stereocenters. The zero-order valence-electron chi connectivity index (χ0n) is 6.43. The highest BCUT2D eigenvalue weighted by Crippen LogP contribution is 2.39. The summed E-state index contributed by atoms with van der Waals surface area (Å²) in [6, 6.07) is 4.78. The van der Waals surface area contributed by atoms with Gasteiger partial charge in [-0.3, -0.25) is 0 Å². The molecule has 0 saturated heterocycles. The first-order chi connectivity index (χ1) is 5.66. The van der Waals surface area contributed by atoms with Gasteiger partial charge < -0.3 is 5.73 Å². The fraction of sp³-hybridized carbons (Fsp3) is 0.333. The van der Waals surface area contributed by atoms with Crippen LogP contribution in [0.2, 0.25) is 5.02 Å². The second-order valence-corrected chi connectivity index (χ2v) is 3.65. The number of benzene rings is 1. The molecule has 1 aromatic rings. The van der Waals surface area contributed by atoms with Gasteiger partial charge in [0.1, 0.15) is 5.82 Å². The van der Waals surface area contributed by atoms with Gasteiger partial charge in [0.25, 0.3) is 0 Å². The van der Waals surface area contributed by atoms with Crippen LogP contribution in [0.15, 0.2) is 18.2 Å². The molecule has 1 nitrogen and oxygen atoms in total. The van der Waals surface area contributed by atoms with Gasteiger partial charge in [-0.2, -0.15) is 0 Å². The molecule has 0 aliphatic heterocycles. The average molecular weight is 186 g/mol. The summed E-state index contributed by atoms with van der Waals surface area (Å²) in [6.07, 6.45) is 0.944. The second kappa shape index (κ2) is 2.71. The van der Waals surface area contributed by atoms with Gasteiger partial charge in [0.05, 0.1) is 0 Å². The Kier molecular flexibility index (Phi) is 1.81. The summed E-state index contributed by atoms with van der Waals surface area (Å²) in [7, 11) is 0. The molecule has 1 fully saturated rings. The summed E-state index contributed by atoms with van der Waals surface area (Å²) in [4.78, 5) is 0. The van der Waals surface area contributed by atoms with Crippen molar-refractivity contribution in [2.75, 3.05) is 0 Å². The van der Waals surface area contributed by atoms with E-state index in [1.165, 1.54) is 12.1 Å². The Morgan fingerprint density at radius 2 is 2.08 bits per heavy atom. The van der Waals surface area contributed by atoms with Crippen LogP contribution in [-0.2, 0) is 0 Å². The van der Waals surface area contributed by atoms with E-state index in [0.717, 1.165) is 12.0 Å². The number of hydrogen-bond donors (Lipinski definition) is 1. The van der Waals surface area contributed by atoms with E-state index < -0.39 is 0 Å². The van der Waals surface area contributed by atoms with Crippen LogP contribution in [0.4, 0.5) is 4.39 Å². The summed E-state index contributed by atoms with van der Waals surface area (Å²) in [5.74, 6) is 0.0369. The largest absolute Gasteiger partial charge is 0.327 e. The minimum Gasteiger partial charge on any atom is -0.327 e. The van der Waals surface area contributed by atoms with Gasteiger partial charge in [-0.25, -0.2) is 4.39 Å². The molecule has 0 bridgehead atoms. The van der Waals surface area contributed by atoms with E-state index in [-0.39, 0.29) is 11.9 Å². The van der Waals surface area contributed by atoms with Crippen molar-refractivity contribution in [1.29, 1.82) is 0 Å². The molecule has 0 heterocycles. The van der Waals surface area contributed by atoms with E-state index in [9.17, 15) is 4.39 Å². The predicted octanol–water partition coefficient (Wildman–Crippen LogP) is 2.29. The first-order valence-corrected chi connectivity index (χ1v) is 4.26. The number of hydrogen-bond acceptors (Lipinski definition) is 1. The maximum atomic E-state index is 12.8. The maximum Gasteiger partial charge on any atom is 0.124 e. The first kappa shape index (κ1) is 8.02. The summed E-state index contributed by atoms with van der Waals surface area (Å²) >= 11 is 5.69. The minimum absolute atomic E-state index is 0.197. The van der Waals surface area contributed by atoms with Crippen molar-refractivity contribution in [2.24, 2.45) is 5.73 Å². The summed E-state index contributed by atoms with van der Waals surface area (Å²) < 4.78 is 12.8. The van der Waals surface area contributed by atoms with Gasteiger partial charge in [-0.15, -0.1) is 0 Å². The lowest BCUT2D eigenvalue weighted by Crippen LogP contribution is -2.01. The molecule has 1 aliphatic rings. The SMILES string of the molecule is NC1CC1c1cc(F)cc(Cl)c1. The molecule has 0 aromatic heterocycles. The van der Waals surface area contributed by atoms with Crippen LogP contribution in [0.25, 0.3) is 0 Å². The van der Waals surface area contributed by atoms with E-state index in [4.69, 9.17) is 17.3 Å². The van der Waals surface area contributed by atoms with Crippen LogP contribution in [0.5, 0.6) is 0 Å². The standard InChI is InChI=1S/C9H9ClFN/c10-6-1-5(2-7(11)3-6)8-4-9(8)12/h1-3,8-9H,4,12H2. The fourth-order valence-corrected chi connectivity index (χ4v) is 1.62. The molecule has 64 valence electrons. The summed E-state index contributed by atoms with van der Waals surface area (Å²) in [5, 5.41) is 0.448. The Hall–Kier alpha value is -0.600. The van der Waals surface area contributed by atoms with Gasteiger partial charge in [0, 0.05) is 17.0 Å². The van der Waals surface area contributed by atoms with Gasteiger partial charge in [0.2, 0.25) is 0 Å². The average Bonchev–Trinajstić information content (AvgIpc) is 2.64. The van der Waals surface area contributed by atoms with Crippen LogP contribution < -0.4 is 5.73 Å². The van der Waals surface area contributed by atoms with Gasteiger partial charge in [0.15, 0.2) is 0 Å². The zero-order chi connectivity index (χ0) is 8.72. The molecule has 0 radical (unpaired) electrons. The van der Waals surface area contributed by atoms with Crippen molar-refractivity contribution in [1.82, 2.24) is 0 Å². The van der Waals surface area contributed by atoms with Crippen LogP contribution in [-0.4, -0.2) is 6.04 Å². The van der Waals surface area contributed by atoms with E-state index in [0.29, 0.717) is 10.9 Å². The lowest BCUT2D eigenvalue weighted by atomic mass is 10.1. The van der Waals surface area contributed by atoms with Gasteiger partial charge >= 0.3 is 0 Å². The van der Waals surface area contributed by atoms with Crippen molar-refractivity contribution in [3.63, 3.8) is 0 Å². The molecular formula is C9H9ClFN. The quantitative estimate of drug-likeness (QED) is 0.714. The van der Waals surface area contributed by atoms with Crippen molar-refractivity contribution in [3.05, 3.63) is 34.6 Å².